The summed E-state index contributed by atoms with van der Waals surface area (Å²) in [6.07, 6.45) is 2.85. The summed E-state index contributed by atoms with van der Waals surface area (Å²) in [6, 6.07) is 2.13. The van der Waals surface area contributed by atoms with Crippen LogP contribution in [-0.4, -0.2) is 25.5 Å². The van der Waals surface area contributed by atoms with Crippen molar-refractivity contribution in [3.63, 3.8) is 0 Å². The Morgan fingerprint density at radius 1 is 1.69 bits per heavy atom. The molecule has 0 saturated carbocycles. The summed E-state index contributed by atoms with van der Waals surface area (Å²) in [5, 5.41) is 14.8. The maximum absolute atomic E-state index is 12.1. The molecule has 0 aromatic heterocycles. The third kappa shape index (κ3) is 2.96. The van der Waals surface area contributed by atoms with Gasteiger partial charge >= 0.3 is 0 Å². The summed E-state index contributed by atoms with van der Waals surface area (Å²) in [5.41, 5.74) is -0.232. The van der Waals surface area contributed by atoms with Gasteiger partial charge in [-0.1, -0.05) is 13.3 Å². The van der Waals surface area contributed by atoms with E-state index in [1.165, 1.54) is 0 Å². The van der Waals surface area contributed by atoms with Crippen LogP contribution in [0.25, 0.3) is 0 Å². The van der Waals surface area contributed by atoms with Crippen LogP contribution in [0, 0.1) is 22.7 Å². The van der Waals surface area contributed by atoms with E-state index in [1.807, 2.05) is 6.92 Å². The number of carbonyl (C=O) groups excluding carboxylic acids is 1. The zero-order chi connectivity index (χ0) is 12.0. The summed E-state index contributed by atoms with van der Waals surface area (Å²) in [5.74, 6) is -0.00145. The highest BCUT2D eigenvalue weighted by Crippen LogP contribution is 2.31. The van der Waals surface area contributed by atoms with Crippen molar-refractivity contribution < 1.29 is 4.79 Å². The molecule has 1 aliphatic rings. The third-order valence-electron chi connectivity index (χ3n) is 3.24. The zero-order valence-corrected chi connectivity index (χ0v) is 10.2. The molecule has 1 amide bonds. The van der Waals surface area contributed by atoms with Gasteiger partial charge in [-0.15, -0.1) is 0 Å². The number of nitrogens with zero attached hydrogens (tertiary/aromatic N) is 1. The van der Waals surface area contributed by atoms with Crippen LogP contribution in [0.2, 0.25) is 0 Å². The molecule has 0 spiro atoms. The smallest absolute Gasteiger partial charge is 0.227 e. The molecule has 0 radical (unpaired) electrons. The molecular weight excluding hydrogens is 202 g/mol. The first-order valence-corrected chi connectivity index (χ1v) is 6.03. The lowest BCUT2D eigenvalue weighted by atomic mass is 9.81. The van der Waals surface area contributed by atoms with Crippen molar-refractivity contribution in [2.24, 2.45) is 11.3 Å². The second-order valence-electron chi connectivity index (χ2n) is 4.70. The van der Waals surface area contributed by atoms with Gasteiger partial charge < -0.3 is 10.6 Å². The van der Waals surface area contributed by atoms with Gasteiger partial charge in [0.05, 0.1) is 17.4 Å². The van der Waals surface area contributed by atoms with E-state index >= 15 is 0 Å². The first kappa shape index (κ1) is 13.0. The summed E-state index contributed by atoms with van der Waals surface area (Å²) in [7, 11) is 0. The molecule has 0 aromatic rings. The molecule has 2 N–H and O–H groups in total. The Labute approximate surface area is 97.4 Å². The van der Waals surface area contributed by atoms with Gasteiger partial charge in [-0.05, 0) is 26.3 Å². The van der Waals surface area contributed by atoms with Crippen LogP contribution < -0.4 is 10.6 Å². The fourth-order valence-corrected chi connectivity index (χ4v) is 2.22. The lowest BCUT2D eigenvalue weighted by molar-refractivity contribution is -0.130. The van der Waals surface area contributed by atoms with E-state index in [0.29, 0.717) is 6.54 Å². The molecule has 4 nitrogen and oxygen atoms in total. The molecule has 4 heteroatoms. The molecule has 1 fully saturated rings. The molecule has 0 bridgehead atoms. The van der Waals surface area contributed by atoms with Gasteiger partial charge in [-0.25, -0.2) is 0 Å². The topological polar surface area (TPSA) is 64.9 Å². The average Bonchev–Trinajstić information content (AvgIpc) is 2.75. The first-order valence-electron chi connectivity index (χ1n) is 6.03. The largest absolute Gasteiger partial charge is 0.354 e. The Kier molecular flexibility index (Phi) is 4.75. The molecule has 0 aromatic carbocycles. The maximum atomic E-state index is 12.1. The number of carbonyl (C=O) groups is 1. The number of hydrogen-bond donors (Lipinski definition) is 2. The van der Waals surface area contributed by atoms with Crippen LogP contribution in [0.1, 0.15) is 33.1 Å². The van der Waals surface area contributed by atoms with E-state index in [0.717, 1.165) is 32.4 Å². The van der Waals surface area contributed by atoms with Gasteiger partial charge in [-0.3, -0.25) is 4.79 Å². The molecule has 1 saturated heterocycles. The van der Waals surface area contributed by atoms with Crippen molar-refractivity contribution in [2.75, 3.05) is 19.6 Å². The molecule has 16 heavy (non-hydrogen) atoms. The van der Waals surface area contributed by atoms with Crippen molar-refractivity contribution in [3.05, 3.63) is 0 Å². The minimum atomic E-state index is -0.232. The molecule has 0 aliphatic carbocycles. The Morgan fingerprint density at radius 3 is 2.94 bits per heavy atom. The molecule has 1 aliphatic heterocycles. The van der Waals surface area contributed by atoms with Crippen LogP contribution in [0.5, 0.6) is 0 Å². The fourth-order valence-electron chi connectivity index (χ4n) is 2.22. The molecule has 2 unspecified atom stereocenters. The lowest BCUT2D eigenvalue weighted by Gasteiger charge is -2.26. The van der Waals surface area contributed by atoms with Gasteiger partial charge in [0.2, 0.25) is 5.91 Å². The minimum absolute atomic E-state index is 0.112. The molecule has 1 heterocycles. The van der Waals surface area contributed by atoms with E-state index in [-0.39, 0.29) is 17.2 Å². The fraction of sp³-hybridized carbons (Fsp3) is 0.833. The average molecular weight is 223 g/mol. The van der Waals surface area contributed by atoms with E-state index in [2.05, 4.69) is 23.6 Å². The van der Waals surface area contributed by atoms with Crippen LogP contribution in [-0.2, 0) is 4.79 Å². The highest BCUT2D eigenvalue weighted by Gasteiger charge is 2.39. The molecule has 1 rings (SSSR count). The standard InChI is InChI=1S/C12H21N3O/c1-3-4-12(5-6-14-9-12)11(16)15-8-10(2)7-13/h10,14H,3-6,8-9H2,1-2H3,(H,15,16). The van der Waals surface area contributed by atoms with Crippen molar-refractivity contribution in [1.29, 1.82) is 5.26 Å². The van der Waals surface area contributed by atoms with Crippen LogP contribution in [0.4, 0.5) is 0 Å². The van der Waals surface area contributed by atoms with Gasteiger partial charge in [0.15, 0.2) is 0 Å². The zero-order valence-electron chi connectivity index (χ0n) is 10.2. The second kappa shape index (κ2) is 5.86. The third-order valence-corrected chi connectivity index (χ3v) is 3.24. The van der Waals surface area contributed by atoms with Crippen molar-refractivity contribution in [3.8, 4) is 6.07 Å². The summed E-state index contributed by atoms with van der Waals surface area (Å²) < 4.78 is 0. The van der Waals surface area contributed by atoms with Gasteiger partial charge in [0, 0.05) is 13.1 Å². The monoisotopic (exact) mass is 223 g/mol. The first-order chi connectivity index (χ1) is 7.64. The Balaban J connectivity index is 2.52. The van der Waals surface area contributed by atoms with E-state index in [9.17, 15) is 4.79 Å². The predicted octanol–water partition coefficient (Wildman–Crippen LogP) is 1.04. The number of amides is 1. The Morgan fingerprint density at radius 2 is 2.44 bits per heavy atom. The van der Waals surface area contributed by atoms with Gasteiger partial charge in [-0.2, -0.15) is 5.26 Å². The van der Waals surface area contributed by atoms with E-state index < -0.39 is 0 Å². The van der Waals surface area contributed by atoms with Gasteiger partial charge in [0.25, 0.3) is 0 Å². The van der Waals surface area contributed by atoms with Gasteiger partial charge in [0.1, 0.15) is 0 Å². The highest BCUT2D eigenvalue weighted by molar-refractivity contribution is 5.83. The number of nitriles is 1. The quantitative estimate of drug-likeness (QED) is 0.732. The van der Waals surface area contributed by atoms with Crippen LogP contribution >= 0.6 is 0 Å². The number of rotatable bonds is 5. The number of hydrogen-bond acceptors (Lipinski definition) is 3. The maximum Gasteiger partial charge on any atom is 0.227 e. The highest BCUT2D eigenvalue weighted by atomic mass is 16.2. The van der Waals surface area contributed by atoms with Crippen molar-refractivity contribution >= 4 is 5.91 Å². The number of nitrogens with one attached hydrogen (secondary N) is 2. The molecule has 90 valence electrons. The second-order valence-corrected chi connectivity index (χ2v) is 4.70. The molecular formula is C12H21N3O. The summed E-state index contributed by atoms with van der Waals surface area (Å²) >= 11 is 0. The normalized spacial score (nSPS) is 26.1. The summed E-state index contributed by atoms with van der Waals surface area (Å²) in [6.45, 7) is 6.07. The summed E-state index contributed by atoms with van der Waals surface area (Å²) in [4.78, 5) is 12.1. The van der Waals surface area contributed by atoms with E-state index in [4.69, 9.17) is 5.26 Å². The Hall–Kier alpha value is -1.08. The lowest BCUT2D eigenvalue weighted by Crippen LogP contribution is -2.43. The Bertz CT molecular complexity index is 276. The minimum Gasteiger partial charge on any atom is -0.354 e. The van der Waals surface area contributed by atoms with Crippen LogP contribution in [0.3, 0.4) is 0 Å². The van der Waals surface area contributed by atoms with Crippen LogP contribution in [0.15, 0.2) is 0 Å². The van der Waals surface area contributed by atoms with Crippen molar-refractivity contribution in [1.82, 2.24) is 10.6 Å². The molecule has 2 atom stereocenters. The van der Waals surface area contributed by atoms with E-state index in [1.54, 1.807) is 0 Å². The SMILES string of the molecule is CCCC1(C(=O)NCC(C)C#N)CCNC1. The predicted molar refractivity (Wildman–Crippen MR) is 62.6 cm³/mol. The van der Waals surface area contributed by atoms with Crippen molar-refractivity contribution in [2.45, 2.75) is 33.1 Å².